The molecule has 1 aliphatic rings. The number of hydrogen-bond acceptors (Lipinski definition) is 2. The molecule has 0 aliphatic heterocycles. The molecule has 1 aliphatic carbocycles. The lowest BCUT2D eigenvalue weighted by atomic mass is 9.87. The molecular weight excluding hydrogens is 260 g/mol. The minimum Gasteiger partial charge on any atom is -0.385 e. The van der Waals surface area contributed by atoms with Crippen LogP contribution in [0.25, 0.3) is 0 Å². The van der Waals surface area contributed by atoms with Gasteiger partial charge in [0.2, 0.25) is 5.91 Å². The summed E-state index contributed by atoms with van der Waals surface area (Å²) in [5, 5.41) is 3.77. The van der Waals surface area contributed by atoms with E-state index in [-0.39, 0.29) is 0 Å². The lowest BCUT2D eigenvalue weighted by Gasteiger charge is -2.21. The molecule has 2 rings (SSSR count). The van der Waals surface area contributed by atoms with Crippen molar-refractivity contribution in [1.29, 1.82) is 0 Å². The molecule has 0 aromatic heterocycles. The Morgan fingerprint density at radius 3 is 2.68 bits per heavy atom. The molecular formula is C15H21ClN2O. The van der Waals surface area contributed by atoms with Crippen LogP contribution in [0.5, 0.6) is 0 Å². The SMILES string of the molecule is NC(=O)c1ccc(NCCC2CCCCC2)cc1Cl. The molecule has 0 bridgehead atoms. The lowest BCUT2D eigenvalue weighted by Crippen LogP contribution is -2.13. The number of nitrogens with two attached hydrogens (primary N) is 1. The molecule has 3 N–H and O–H groups in total. The summed E-state index contributed by atoms with van der Waals surface area (Å²) >= 11 is 6.01. The van der Waals surface area contributed by atoms with Crippen molar-refractivity contribution in [3.05, 3.63) is 28.8 Å². The second kappa shape index (κ2) is 6.80. The summed E-state index contributed by atoms with van der Waals surface area (Å²) in [5.74, 6) is 0.375. The Morgan fingerprint density at radius 2 is 2.05 bits per heavy atom. The van der Waals surface area contributed by atoms with Crippen LogP contribution < -0.4 is 11.1 Å². The van der Waals surface area contributed by atoms with E-state index in [0.29, 0.717) is 10.6 Å². The average molecular weight is 281 g/mol. The normalized spacial score (nSPS) is 16.3. The summed E-state index contributed by atoms with van der Waals surface area (Å²) in [4.78, 5) is 11.1. The summed E-state index contributed by atoms with van der Waals surface area (Å²) in [6, 6.07) is 5.29. The third kappa shape index (κ3) is 4.13. The van der Waals surface area contributed by atoms with Gasteiger partial charge in [-0.15, -0.1) is 0 Å². The average Bonchev–Trinajstić information content (AvgIpc) is 2.39. The zero-order chi connectivity index (χ0) is 13.7. The molecule has 0 heterocycles. The Balaban J connectivity index is 1.82. The second-order valence-electron chi connectivity index (χ2n) is 5.28. The minimum absolute atomic E-state index is 0.375. The molecule has 1 aromatic rings. The van der Waals surface area contributed by atoms with E-state index in [1.807, 2.05) is 6.07 Å². The van der Waals surface area contributed by atoms with Crippen LogP contribution in [-0.2, 0) is 0 Å². The Morgan fingerprint density at radius 1 is 1.32 bits per heavy atom. The van der Waals surface area contributed by atoms with E-state index in [1.165, 1.54) is 38.5 Å². The quantitative estimate of drug-likeness (QED) is 0.861. The minimum atomic E-state index is -0.487. The predicted molar refractivity (Wildman–Crippen MR) is 79.7 cm³/mol. The molecule has 0 radical (unpaired) electrons. The summed E-state index contributed by atoms with van der Waals surface area (Å²) < 4.78 is 0. The third-order valence-electron chi connectivity index (χ3n) is 3.84. The first kappa shape index (κ1) is 14.2. The largest absolute Gasteiger partial charge is 0.385 e. The highest BCUT2D eigenvalue weighted by molar-refractivity contribution is 6.34. The number of amides is 1. The second-order valence-corrected chi connectivity index (χ2v) is 5.69. The molecule has 104 valence electrons. The summed E-state index contributed by atoms with van der Waals surface area (Å²) in [7, 11) is 0. The fraction of sp³-hybridized carbons (Fsp3) is 0.533. The number of primary amides is 1. The van der Waals surface area contributed by atoms with Crippen molar-refractivity contribution in [3.8, 4) is 0 Å². The van der Waals surface area contributed by atoms with E-state index < -0.39 is 5.91 Å². The van der Waals surface area contributed by atoms with Crippen molar-refractivity contribution in [3.63, 3.8) is 0 Å². The van der Waals surface area contributed by atoms with Gasteiger partial charge in [0.1, 0.15) is 0 Å². The van der Waals surface area contributed by atoms with Crippen molar-refractivity contribution >= 4 is 23.2 Å². The van der Waals surface area contributed by atoms with Gasteiger partial charge < -0.3 is 11.1 Å². The number of rotatable bonds is 5. The van der Waals surface area contributed by atoms with E-state index in [9.17, 15) is 4.79 Å². The fourth-order valence-electron chi connectivity index (χ4n) is 2.72. The van der Waals surface area contributed by atoms with E-state index in [1.54, 1.807) is 12.1 Å². The molecule has 4 heteroatoms. The number of hydrogen-bond donors (Lipinski definition) is 2. The van der Waals surface area contributed by atoms with E-state index in [0.717, 1.165) is 18.2 Å². The van der Waals surface area contributed by atoms with Crippen LogP contribution >= 0.6 is 11.6 Å². The van der Waals surface area contributed by atoms with Gasteiger partial charge >= 0.3 is 0 Å². The van der Waals surface area contributed by atoms with E-state index in [2.05, 4.69) is 5.32 Å². The first-order valence-corrected chi connectivity index (χ1v) is 7.38. The Labute approximate surface area is 119 Å². The first-order valence-electron chi connectivity index (χ1n) is 7.00. The summed E-state index contributed by atoms with van der Waals surface area (Å²) in [5.41, 5.74) is 6.54. The maximum atomic E-state index is 11.1. The molecule has 1 amide bonds. The molecule has 1 fully saturated rings. The van der Waals surface area contributed by atoms with Crippen molar-refractivity contribution in [2.75, 3.05) is 11.9 Å². The highest BCUT2D eigenvalue weighted by atomic mass is 35.5. The molecule has 0 atom stereocenters. The topological polar surface area (TPSA) is 55.1 Å². The highest BCUT2D eigenvalue weighted by Gasteiger charge is 2.13. The number of nitrogens with one attached hydrogen (secondary N) is 1. The Hall–Kier alpha value is -1.22. The highest BCUT2D eigenvalue weighted by Crippen LogP contribution is 2.26. The van der Waals surface area contributed by atoms with E-state index >= 15 is 0 Å². The van der Waals surface area contributed by atoms with Crippen LogP contribution in [0.3, 0.4) is 0 Å². The number of carbonyl (C=O) groups excluding carboxylic acids is 1. The van der Waals surface area contributed by atoms with Crippen LogP contribution in [0.4, 0.5) is 5.69 Å². The van der Waals surface area contributed by atoms with Gasteiger partial charge in [0.05, 0.1) is 10.6 Å². The molecule has 0 spiro atoms. The van der Waals surface area contributed by atoms with Crippen molar-refractivity contribution in [2.24, 2.45) is 11.7 Å². The molecule has 0 saturated heterocycles. The fourth-order valence-corrected chi connectivity index (χ4v) is 3.00. The summed E-state index contributed by atoms with van der Waals surface area (Å²) in [6.07, 6.45) is 8.09. The van der Waals surface area contributed by atoms with Gasteiger partial charge in [0, 0.05) is 12.2 Å². The van der Waals surface area contributed by atoms with Crippen molar-refractivity contribution < 1.29 is 4.79 Å². The monoisotopic (exact) mass is 280 g/mol. The molecule has 1 aromatic carbocycles. The Kier molecular flexibility index (Phi) is 5.08. The van der Waals surface area contributed by atoms with Gasteiger partial charge in [0.25, 0.3) is 0 Å². The van der Waals surface area contributed by atoms with Gasteiger partial charge in [0.15, 0.2) is 0 Å². The van der Waals surface area contributed by atoms with Crippen LogP contribution in [0.2, 0.25) is 5.02 Å². The summed E-state index contributed by atoms with van der Waals surface area (Å²) in [6.45, 7) is 0.955. The molecule has 19 heavy (non-hydrogen) atoms. The van der Waals surface area contributed by atoms with Crippen LogP contribution in [0, 0.1) is 5.92 Å². The van der Waals surface area contributed by atoms with Gasteiger partial charge in [-0.05, 0) is 30.5 Å². The van der Waals surface area contributed by atoms with Crippen LogP contribution in [0.1, 0.15) is 48.9 Å². The predicted octanol–water partition coefficient (Wildman–Crippen LogP) is 3.82. The van der Waals surface area contributed by atoms with Gasteiger partial charge in [-0.1, -0.05) is 43.7 Å². The number of carbonyl (C=O) groups is 1. The molecule has 0 unspecified atom stereocenters. The first-order chi connectivity index (χ1) is 9.16. The lowest BCUT2D eigenvalue weighted by molar-refractivity contribution is 0.100. The third-order valence-corrected chi connectivity index (χ3v) is 4.15. The molecule has 3 nitrogen and oxygen atoms in total. The zero-order valence-electron chi connectivity index (χ0n) is 11.1. The maximum absolute atomic E-state index is 11.1. The van der Waals surface area contributed by atoms with Gasteiger partial charge in [-0.3, -0.25) is 4.79 Å². The van der Waals surface area contributed by atoms with Crippen LogP contribution in [0.15, 0.2) is 18.2 Å². The van der Waals surface area contributed by atoms with Crippen LogP contribution in [-0.4, -0.2) is 12.5 Å². The van der Waals surface area contributed by atoms with Crippen molar-refractivity contribution in [2.45, 2.75) is 38.5 Å². The Bertz CT molecular complexity index is 442. The molecule has 1 saturated carbocycles. The van der Waals surface area contributed by atoms with E-state index in [4.69, 9.17) is 17.3 Å². The van der Waals surface area contributed by atoms with Crippen molar-refractivity contribution in [1.82, 2.24) is 0 Å². The maximum Gasteiger partial charge on any atom is 0.250 e. The van der Waals surface area contributed by atoms with Gasteiger partial charge in [-0.25, -0.2) is 0 Å². The smallest absolute Gasteiger partial charge is 0.250 e. The number of benzene rings is 1. The zero-order valence-corrected chi connectivity index (χ0v) is 11.9. The number of halogens is 1. The van der Waals surface area contributed by atoms with Gasteiger partial charge in [-0.2, -0.15) is 0 Å². The standard InChI is InChI=1S/C15H21ClN2O/c16-14-10-12(6-7-13(14)15(17)19)18-9-8-11-4-2-1-3-5-11/h6-7,10-11,18H,1-5,8-9H2,(H2,17,19). The number of anilines is 1.